The Balaban J connectivity index is 2.33. The zero-order valence-corrected chi connectivity index (χ0v) is 17.6. The maximum Gasteiger partial charge on any atom is 0.320 e. The van der Waals surface area contributed by atoms with E-state index in [1.807, 2.05) is 37.3 Å². The summed E-state index contributed by atoms with van der Waals surface area (Å²) in [6.45, 7) is 1.38. The first kappa shape index (κ1) is 22.4. The Hall–Kier alpha value is -2.91. The van der Waals surface area contributed by atoms with E-state index in [9.17, 15) is 18.0 Å². The maximum absolute atomic E-state index is 13.0. The minimum absolute atomic E-state index is 0.129. The molecule has 29 heavy (non-hydrogen) atoms. The molecular weight excluding hydrogens is 394 g/mol. The van der Waals surface area contributed by atoms with Crippen molar-refractivity contribution in [2.24, 2.45) is 0 Å². The van der Waals surface area contributed by atoms with Gasteiger partial charge in [-0.2, -0.15) is 4.72 Å². The minimum Gasteiger partial charge on any atom is -0.468 e. The Labute approximate surface area is 170 Å². The fourth-order valence-electron chi connectivity index (χ4n) is 2.72. The fraction of sp³-hybridized carbons (Fsp3) is 0.300. The van der Waals surface area contributed by atoms with Crippen LogP contribution in [-0.2, 0) is 19.6 Å². The van der Waals surface area contributed by atoms with Crippen molar-refractivity contribution in [2.75, 3.05) is 33.1 Å². The average molecular weight is 420 g/mol. The van der Waals surface area contributed by atoms with E-state index in [1.165, 1.54) is 19.2 Å². The van der Waals surface area contributed by atoms with Crippen molar-refractivity contribution in [1.82, 2.24) is 9.62 Å². The molecule has 0 radical (unpaired) electrons. The van der Waals surface area contributed by atoms with E-state index in [-0.39, 0.29) is 22.4 Å². The van der Waals surface area contributed by atoms with Crippen LogP contribution in [0.2, 0.25) is 0 Å². The van der Waals surface area contributed by atoms with Crippen LogP contribution in [0.3, 0.4) is 0 Å². The number of methoxy groups -OCH3 is 1. The number of carbonyl (C=O) groups is 2. The molecule has 0 aliphatic carbocycles. The smallest absolute Gasteiger partial charge is 0.320 e. The van der Waals surface area contributed by atoms with Crippen LogP contribution in [-0.4, -0.2) is 52.9 Å². The zero-order valence-electron chi connectivity index (χ0n) is 16.8. The van der Waals surface area contributed by atoms with Crippen molar-refractivity contribution >= 4 is 27.6 Å². The summed E-state index contributed by atoms with van der Waals surface area (Å²) in [5.74, 6) is -1.04. The molecule has 156 valence electrons. The third-order valence-electron chi connectivity index (χ3n) is 4.60. The van der Waals surface area contributed by atoms with E-state index in [2.05, 4.69) is 14.8 Å². The Morgan fingerprint density at radius 1 is 1.14 bits per heavy atom. The Bertz CT molecular complexity index is 977. The third kappa shape index (κ3) is 5.33. The predicted octanol–water partition coefficient (Wildman–Crippen LogP) is 2.01. The molecule has 2 N–H and O–H groups in total. The van der Waals surface area contributed by atoms with E-state index in [1.54, 1.807) is 25.1 Å². The van der Waals surface area contributed by atoms with Gasteiger partial charge in [0, 0.05) is 19.7 Å². The molecule has 2 aromatic carbocycles. The molecule has 1 amide bonds. The van der Waals surface area contributed by atoms with E-state index < -0.39 is 22.5 Å². The largest absolute Gasteiger partial charge is 0.468 e. The van der Waals surface area contributed by atoms with Crippen LogP contribution in [0.15, 0.2) is 53.4 Å². The number of anilines is 1. The molecule has 0 aromatic heterocycles. The normalized spacial score (nSPS) is 12.1. The van der Waals surface area contributed by atoms with Crippen LogP contribution in [0, 0.1) is 0 Å². The molecular formula is C20H25N3O5S. The van der Waals surface area contributed by atoms with Crippen molar-refractivity contribution in [3.8, 4) is 0 Å². The molecule has 0 spiro atoms. The van der Waals surface area contributed by atoms with Gasteiger partial charge in [0.05, 0.1) is 18.8 Å². The highest BCUT2D eigenvalue weighted by atomic mass is 32.2. The number of hydrogen-bond donors (Lipinski definition) is 2. The summed E-state index contributed by atoms with van der Waals surface area (Å²) in [6, 6.07) is 13.7. The van der Waals surface area contributed by atoms with Crippen LogP contribution in [0.25, 0.3) is 0 Å². The zero-order chi connectivity index (χ0) is 21.6. The second-order valence-corrected chi connectivity index (χ2v) is 8.10. The van der Waals surface area contributed by atoms with Crippen LogP contribution in [0.5, 0.6) is 0 Å². The minimum atomic E-state index is -4.05. The maximum atomic E-state index is 13.0. The van der Waals surface area contributed by atoms with Gasteiger partial charge in [0.1, 0.15) is 11.4 Å². The second kappa shape index (κ2) is 9.53. The molecule has 0 aliphatic heterocycles. The quantitative estimate of drug-likeness (QED) is 0.634. The van der Waals surface area contributed by atoms with Gasteiger partial charge in [-0.15, -0.1) is 0 Å². The van der Waals surface area contributed by atoms with Crippen LogP contribution in [0.4, 0.5) is 5.69 Å². The molecule has 9 heteroatoms. The first-order valence-corrected chi connectivity index (χ1v) is 10.4. The highest BCUT2D eigenvalue weighted by Gasteiger charge is 2.24. The Morgan fingerprint density at radius 2 is 1.79 bits per heavy atom. The molecule has 2 rings (SSSR count). The number of benzene rings is 2. The molecule has 0 saturated carbocycles. The Kier molecular flexibility index (Phi) is 7.35. The number of sulfonamides is 1. The molecule has 1 atom stereocenters. The molecule has 0 fully saturated rings. The summed E-state index contributed by atoms with van der Waals surface area (Å²) < 4.78 is 31.9. The number of nitrogens with one attached hydrogen (secondary N) is 2. The predicted molar refractivity (Wildman–Crippen MR) is 110 cm³/mol. The van der Waals surface area contributed by atoms with Crippen molar-refractivity contribution in [2.45, 2.75) is 17.9 Å². The van der Waals surface area contributed by atoms with Gasteiger partial charge < -0.3 is 15.0 Å². The van der Waals surface area contributed by atoms with Gasteiger partial charge >= 0.3 is 5.97 Å². The number of hydrogen-bond acceptors (Lipinski definition) is 6. The number of esters is 1. The summed E-state index contributed by atoms with van der Waals surface area (Å²) in [5.41, 5.74) is 1.48. The molecule has 2 aromatic rings. The van der Waals surface area contributed by atoms with Gasteiger partial charge in [-0.1, -0.05) is 30.3 Å². The number of ether oxygens (including phenoxy) is 1. The number of rotatable bonds is 8. The van der Waals surface area contributed by atoms with E-state index in [0.29, 0.717) is 5.69 Å². The summed E-state index contributed by atoms with van der Waals surface area (Å²) in [7, 11) is 0.351. The Morgan fingerprint density at radius 3 is 2.38 bits per heavy atom. The third-order valence-corrected chi connectivity index (χ3v) is 6.05. The van der Waals surface area contributed by atoms with Gasteiger partial charge in [-0.05, 0) is 30.7 Å². The van der Waals surface area contributed by atoms with E-state index in [4.69, 9.17) is 0 Å². The van der Waals surface area contributed by atoms with Crippen LogP contribution in [0.1, 0.15) is 28.9 Å². The van der Waals surface area contributed by atoms with Gasteiger partial charge in [0.25, 0.3) is 5.91 Å². The van der Waals surface area contributed by atoms with Crippen molar-refractivity contribution < 1.29 is 22.7 Å². The SMILES string of the molecule is CNc1ccc(C(=O)N(C)C(C)c2ccccc2)cc1S(=O)(=O)NCC(=O)OC. The number of nitrogens with zero attached hydrogens (tertiary/aromatic N) is 1. The average Bonchev–Trinajstić information content (AvgIpc) is 2.76. The first-order chi connectivity index (χ1) is 13.7. The topological polar surface area (TPSA) is 105 Å². The molecule has 1 unspecified atom stereocenters. The first-order valence-electron chi connectivity index (χ1n) is 8.91. The lowest BCUT2D eigenvalue weighted by atomic mass is 10.1. The lowest BCUT2D eigenvalue weighted by molar-refractivity contribution is -0.139. The van der Waals surface area contributed by atoms with Crippen molar-refractivity contribution in [1.29, 1.82) is 0 Å². The second-order valence-electron chi connectivity index (χ2n) is 6.36. The molecule has 8 nitrogen and oxygen atoms in total. The van der Waals surface area contributed by atoms with Crippen LogP contribution >= 0.6 is 0 Å². The monoisotopic (exact) mass is 419 g/mol. The van der Waals surface area contributed by atoms with Gasteiger partial charge in [-0.3, -0.25) is 9.59 Å². The van der Waals surface area contributed by atoms with Crippen molar-refractivity contribution in [3.63, 3.8) is 0 Å². The lowest BCUT2D eigenvalue weighted by Gasteiger charge is -2.26. The molecule has 0 saturated heterocycles. The highest BCUT2D eigenvalue weighted by Crippen LogP contribution is 2.25. The summed E-state index contributed by atoms with van der Waals surface area (Å²) in [4.78, 5) is 25.7. The molecule has 0 aliphatic rings. The van der Waals surface area contributed by atoms with Gasteiger partial charge in [-0.25, -0.2) is 8.42 Å². The van der Waals surface area contributed by atoms with Gasteiger partial charge in [0.2, 0.25) is 10.0 Å². The van der Waals surface area contributed by atoms with Crippen molar-refractivity contribution in [3.05, 3.63) is 59.7 Å². The standard InChI is InChI=1S/C20H25N3O5S/c1-14(15-8-6-5-7-9-15)23(3)20(25)16-10-11-17(21-2)18(12-16)29(26,27)22-13-19(24)28-4/h5-12,14,21-22H,13H2,1-4H3. The number of amides is 1. The van der Waals surface area contributed by atoms with E-state index >= 15 is 0 Å². The highest BCUT2D eigenvalue weighted by molar-refractivity contribution is 7.89. The summed E-state index contributed by atoms with van der Waals surface area (Å²) in [6.07, 6.45) is 0. The van der Waals surface area contributed by atoms with Gasteiger partial charge in [0.15, 0.2) is 0 Å². The fourth-order valence-corrected chi connectivity index (χ4v) is 3.93. The van der Waals surface area contributed by atoms with E-state index in [0.717, 1.165) is 5.56 Å². The van der Waals surface area contributed by atoms with Crippen LogP contribution < -0.4 is 10.0 Å². The lowest BCUT2D eigenvalue weighted by Crippen LogP contribution is -2.32. The molecule has 0 bridgehead atoms. The summed E-state index contributed by atoms with van der Waals surface area (Å²) >= 11 is 0. The summed E-state index contributed by atoms with van der Waals surface area (Å²) in [5, 5.41) is 2.79. The molecule has 0 heterocycles. The number of carbonyl (C=O) groups excluding carboxylic acids is 2.